The molecule has 0 radical (unpaired) electrons. The van der Waals surface area contributed by atoms with Crippen LogP contribution in [0, 0.1) is 17.2 Å². The summed E-state index contributed by atoms with van der Waals surface area (Å²) in [6.07, 6.45) is 7.68. The molecular formula is C20H20ClN3O3S. The third-order valence-corrected chi connectivity index (χ3v) is 5.10. The van der Waals surface area contributed by atoms with E-state index in [-0.39, 0.29) is 18.4 Å². The van der Waals surface area contributed by atoms with Crippen molar-refractivity contribution < 1.29 is 14.3 Å². The molecule has 1 aromatic carbocycles. The molecule has 1 aliphatic rings. The number of rotatable bonds is 9. The Morgan fingerprint density at radius 2 is 2.36 bits per heavy atom. The number of hydrogen-bond acceptors (Lipinski definition) is 6. The molecule has 1 N–H and O–H groups in total. The van der Waals surface area contributed by atoms with Gasteiger partial charge >= 0.3 is 0 Å². The Bertz CT molecular complexity index is 902. The van der Waals surface area contributed by atoms with Crippen LogP contribution in [0.2, 0.25) is 5.02 Å². The average molecular weight is 418 g/mol. The molecule has 0 spiro atoms. The lowest BCUT2D eigenvalue weighted by molar-refractivity contribution is -0.120. The Morgan fingerprint density at radius 1 is 1.54 bits per heavy atom. The molecule has 1 atom stereocenters. The first-order valence-corrected chi connectivity index (χ1v) is 10.1. The van der Waals surface area contributed by atoms with E-state index in [0.29, 0.717) is 21.9 Å². The Labute approximate surface area is 172 Å². The Hall–Kier alpha value is -2.56. The third kappa shape index (κ3) is 6.25. The predicted octanol–water partition coefficient (Wildman–Crippen LogP) is 4.81. The number of nitriles is 1. The number of carbonyl (C=O) groups excluding carboxylic acids is 1. The zero-order valence-corrected chi connectivity index (χ0v) is 16.9. The van der Waals surface area contributed by atoms with Crippen molar-refractivity contribution in [2.24, 2.45) is 5.92 Å². The Morgan fingerprint density at radius 3 is 3.07 bits per heavy atom. The number of aromatic nitrogens is 1. The molecule has 28 heavy (non-hydrogen) atoms. The second-order valence-corrected chi connectivity index (χ2v) is 7.96. The van der Waals surface area contributed by atoms with Crippen LogP contribution in [0.15, 0.2) is 30.5 Å². The maximum Gasteiger partial charge on any atom is 0.279 e. The number of ether oxygens (including phenoxy) is 2. The van der Waals surface area contributed by atoms with E-state index < -0.39 is 0 Å². The Kier molecular flexibility index (Phi) is 6.90. The minimum Gasteiger partial charge on any atom is -0.493 e. The number of carbonyl (C=O) groups is 1. The van der Waals surface area contributed by atoms with E-state index in [9.17, 15) is 4.79 Å². The third-order valence-electron chi connectivity index (χ3n) is 3.96. The van der Waals surface area contributed by atoms with Crippen molar-refractivity contribution >= 4 is 34.9 Å². The summed E-state index contributed by atoms with van der Waals surface area (Å²) in [5, 5.41) is 12.1. The summed E-state index contributed by atoms with van der Waals surface area (Å²) in [6, 6.07) is 6.98. The molecular weight excluding hydrogens is 398 g/mol. The minimum absolute atomic E-state index is 0.151. The fraction of sp³-hybridized carbons (Fsp3) is 0.350. The smallest absolute Gasteiger partial charge is 0.279 e. The first kappa shape index (κ1) is 20.2. The van der Waals surface area contributed by atoms with Gasteiger partial charge in [-0.15, -0.1) is 0 Å². The lowest BCUT2D eigenvalue weighted by Gasteiger charge is -2.08. The van der Waals surface area contributed by atoms with Crippen LogP contribution in [0.25, 0.3) is 6.08 Å². The van der Waals surface area contributed by atoms with E-state index in [4.69, 9.17) is 26.3 Å². The number of nitrogens with one attached hydrogen (secondary N) is 1. The zero-order valence-electron chi connectivity index (χ0n) is 15.4. The summed E-state index contributed by atoms with van der Waals surface area (Å²) in [5.74, 6) is 1.63. The SMILES string of the molecule is C[C@@H](/C=C/c1cnc(Oc2ccc(OCC3CC3)cc2Cl)s1)NC(=O)CC#N. The molecule has 3 rings (SSSR count). The van der Waals surface area contributed by atoms with Crippen LogP contribution in [-0.4, -0.2) is 23.5 Å². The number of halogens is 1. The van der Waals surface area contributed by atoms with Crippen LogP contribution in [0.3, 0.4) is 0 Å². The highest BCUT2D eigenvalue weighted by Crippen LogP contribution is 2.35. The molecule has 0 unspecified atom stereocenters. The van der Waals surface area contributed by atoms with Crippen molar-refractivity contribution in [1.82, 2.24) is 10.3 Å². The van der Waals surface area contributed by atoms with Gasteiger partial charge < -0.3 is 14.8 Å². The monoisotopic (exact) mass is 417 g/mol. The molecule has 1 fully saturated rings. The molecule has 0 bridgehead atoms. The van der Waals surface area contributed by atoms with Gasteiger partial charge in [-0.25, -0.2) is 4.98 Å². The number of nitrogens with zero attached hydrogens (tertiary/aromatic N) is 2. The van der Waals surface area contributed by atoms with Gasteiger partial charge in [0.05, 0.1) is 22.6 Å². The normalized spacial score (nSPS) is 14.5. The molecule has 8 heteroatoms. The van der Waals surface area contributed by atoms with Gasteiger partial charge in [-0.05, 0) is 43.9 Å². The van der Waals surface area contributed by atoms with E-state index in [0.717, 1.165) is 17.2 Å². The van der Waals surface area contributed by atoms with Gasteiger partial charge in [-0.1, -0.05) is 29.0 Å². The fourth-order valence-electron chi connectivity index (χ4n) is 2.30. The Balaban J connectivity index is 1.54. The second-order valence-electron chi connectivity index (χ2n) is 6.53. The summed E-state index contributed by atoms with van der Waals surface area (Å²) < 4.78 is 11.5. The minimum atomic E-state index is -0.299. The van der Waals surface area contributed by atoms with E-state index in [1.54, 1.807) is 18.3 Å². The second kappa shape index (κ2) is 9.58. The molecule has 1 saturated carbocycles. The zero-order chi connectivity index (χ0) is 19.9. The van der Waals surface area contributed by atoms with Crippen molar-refractivity contribution in [1.29, 1.82) is 5.26 Å². The molecule has 6 nitrogen and oxygen atoms in total. The summed E-state index contributed by atoms with van der Waals surface area (Å²) in [7, 11) is 0. The number of thiazole rings is 1. The topological polar surface area (TPSA) is 84.2 Å². The lowest BCUT2D eigenvalue weighted by atomic mass is 10.3. The van der Waals surface area contributed by atoms with Gasteiger partial charge in [-0.2, -0.15) is 5.26 Å². The summed E-state index contributed by atoms with van der Waals surface area (Å²) in [4.78, 5) is 16.5. The quantitative estimate of drug-likeness (QED) is 0.632. The van der Waals surface area contributed by atoms with Gasteiger partial charge in [0.25, 0.3) is 5.19 Å². The van der Waals surface area contributed by atoms with Crippen LogP contribution < -0.4 is 14.8 Å². The summed E-state index contributed by atoms with van der Waals surface area (Å²) in [5.41, 5.74) is 0. The fourth-order valence-corrected chi connectivity index (χ4v) is 3.20. The average Bonchev–Trinajstić information content (AvgIpc) is 3.38. The number of benzene rings is 1. The first-order chi connectivity index (χ1) is 13.5. The van der Waals surface area contributed by atoms with Gasteiger partial charge in [0.15, 0.2) is 0 Å². The van der Waals surface area contributed by atoms with Crippen molar-refractivity contribution in [2.45, 2.75) is 32.2 Å². The number of amides is 1. The highest BCUT2D eigenvalue weighted by atomic mass is 35.5. The summed E-state index contributed by atoms with van der Waals surface area (Å²) in [6.45, 7) is 2.56. The first-order valence-electron chi connectivity index (χ1n) is 8.94. The van der Waals surface area contributed by atoms with Crippen LogP contribution in [-0.2, 0) is 4.79 Å². The standard InChI is InChI=1S/C20H20ClN3O3S/c1-13(24-19(25)8-9-22)2-6-16-11-23-20(28-16)27-18-7-5-15(10-17(18)21)26-12-14-3-4-14/h2,5-7,10-11,13-14H,3-4,8,12H2,1H3,(H,24,25)/b6-2+/t13-/m0/s1. The summed E-state index contributed by atoms with van der Waals surface area (Å²) >= 11 is 7.65. The van der Waals surface area contributed by atoms with Gasteiger partial charge in [0.1, 0.15) is 17.9 Å². The highest BCUT2D eigenvalue weighted by Gasteiger charge is 2.22. The van der Waals surface area contributed by atoms with Gasteiger partial charge in [-0.3, -0.25) is 4.79 Å². The molecule has 146 valence electrons. The van der Waals surface area contributed by atoms with Crippen molar-refractivity contribution in [3.8, 4) is 22.8 Å². The molecule has 1 aromatic heterocycles. The van der Waals surface area contributed by atoms with E-state index >= 15 is 0 Å². The maximum atomic E-state index is 11.4. The van der Waals surface area contributed by atoms with Crippen LogP contribution in [0.4, 0.5) is 0 Å². The van der Waals surface area contributed by atoms with Crippen molar-refractivity contribution in [3.63, 3.8) is 0 Å². The van der Waals surface area contributed by atoms with Gasteiger partial charge in [0, 0.05) is 18.3 Å². The van der Waals surface area contributed by atoms with Crippen LogP contribution >= 0.6 is 22.9 Å². The van der Waals surface area contributed by atoms with Crippen LogP contribution in [0.5, 0.6) is 16.7 Å². The van der Waals surface area contributed by atoms with E-state index in [2.05, 4.69) is 10.3 Å². The highest BCUT2D eigenvalue weighted by molar-refractivity contribution is 7.14. The molecule has 1 heterocycles. The number of hydrogen-bond donors (Lipinski definition) is 1. The molecule has 1 aliphatic carbocycles. The van der Waals surface area contributed by atoms with E-state index in [1.165, 1.54) is 24.2 Å². The van der Waals surface area contributed by atoms with Gasteiger partial charge in [0.2, 0.25) is 5.91 Å². The largest absolute Gasteiger partial charge is 0.493 e. The predicted molar refractivity (Wildman–Crippen MR) is 109 cm³/mol. The van der Waals surface area contributed by atoms with E-state index in [1.807, 2.05) is 31.2 Å². The molecule has 1 amide bonds. The molecule has 0 aliphatic heterocycles. The lowest BCUT2D eigenvalue weighted by Crippen LogP contribution is -2.30. The van der Waals surface area contributed by atoms with Crippen LogP contribution in [0.1, 0.15) is 31.1 Å². The van der Waals surface area contributed by atoms with Crippen molar-refractivity contribution in [2.75, 3.05) is 6.61 Å². The molecule has 2 aromatic rings. The molecule has 0 saturated heterocycles. The maximum absolute atomic E-state index is 11.4. The van der Waals surface area contributed by atoms with Crippen molar-refractivity contribution in [3.05, 3.63) is 40.4 Å².